The highest BCUT2D eigenvalue weighted by Gasteiger charge is 2.07. The molecule has 0 radical (unpaired) electrons. The molecule has 0 aliphatic rings. The van der Waals surface area contributed by atoms with E-state index in [1.165, 1.54) is 6.07 Å². The molecular weight excluding hydrogens is 504 g/mol. The fourth-order valence-electron chi connectivity index (χ4n) is 3.79. The van der Waals surface area contributed by atoms with Gasteiger partial charge in [0.05, 0.1) is 28.4 Å². The van der Waals surface area contributed by atoms with E-state index in [1.54, 1.807) is 49.5 Å². The maximum absolute atomic E-state index is 10.6. The molecule has 0 aliphatic carbocycles. The van der Waals surface area contributed by atoms with Crippen LogP contribution in [0.1, 0.15) is 5.56 Å². The van der Waals surface area contributed by atoms with E-state index in [2.05, 4.69) is 40.9 Å². The Kier molecular flexibility index (Phi) is 7.68. The second kappa shape index (κ2) is 11.8. The summed E-state index contributed by atoms with van der Waals surface area (Å²) in [6.45, 7) is 1.99. The molecule has 40 heavy (non-hydrogen) atoms. The summed E-state index contributed by atoms with van der Waals surface area (Å²) in [5, 5.41) is 55.3. The Morgan fingerprint density at radius 1 is 0.475 bits per heavy atom. The number of rotatable bonds is 7. The number of phenolic OH excluding ortho intramolecular Hbond substituents is 2. The zero-order valence-corrected chi connectivity index (χ0v) is 21.7. The van der Waals surface area contributed by atoms with Crippen LogP contribution in [0.2, 0.25) is 0 Å². The van der Waals surface area contributed by atoms with E-state index in [4.69, 9.17) is 0 Å². The van der Waals surface area contributed by atoms with Gasteiger partial charge in [0.1, 0.15) is 17.1 Å². The molecule has 10 heteroatoms. The molecule has 0 heterocycles. The average molecular weight is 529 g/mol. The lowest BCUT2D eigenvalue weighted by Gasteiger charge is -2.05. The Morgan fingerprint density at radius 3 is 1.55 bits per heavy atom. The van der Waals surface area contributed by atoms with Crippen LogP contribution in [0.4, 0.5) is 39.8 Å². The zero-order valence-electron chi connectivity index (χ0n) is 21.7. The highest BCUT2D eigenvalue weighted by molar-refractivity contribution is 5.92. The van der Waals surface area contributed by atoms with Crippen LogP contribution >= 0.6 is 0 Å². The summed E-state index contributed by atoms with van der Waals surface area (Å²) >= 11 is 0. The number of fused-ring (bicyclic) bond motifs is 1. The van der Waals surface area contributed by atoms with Gasteiger partial charge in [0.2, 0.25) is 0 Å². The third-order valence-corrected chi connectivity index (χ3v) is 5.83. The first-order valence-corrected chi connectivity index (χ1v) is 12.3. The maximum Gasteiger partial charge on any atom is 0.150 e. The minimum Gasteiger partial charge on any atom is -0.506 e. The smallest absolute Gasteiger partial charge is 0.150 e. The van der Waals surface area contributed by atoms with Crippen LogP contribution in [-0.4, -0.2) is 17.3 Å². The predicted molar refractivity (Wildman–Crippen MR) is 154 cm³/mol. The molecule has 5 rings (SSSR count). The zero-order chi connectivity index (χ0) is 27.9. The van der Waals surface area contributed by atoms with Crippen LogP contribution in [0.15, 0.2) is 138 Å². The third kappa shape index (κ3) is 6.25. The topological polar surface area (TPSA) is 139 Å². The van der Waals surface area contributed by atoms with E-state index in [1.807, 2.05) is 55.5 Å². The van der Waals surface area contributed by atoms with E-state index in [9.17, 15) is 10.2 Å². The van der Waals surface area contributed by atoms with Crippen molar-refractivity contribution in [2.24, 2.45) is 40.9 Å². The number of benzene rings is 5. The van der Waals surface area contributed by atoms with Gasteiger partial charge in [-0.2, -0.15) is 30.7 Å². The fourth-order valence-corrected chi connectivity index (χ4v) is 3.79. The summed E-state index contributed by atoms with van der Waals surface area (Å²) in [6.07, 6.45) is 0. The van der Waals surface area contributed by atoms with Gasteiger partial charge in [-0.15, -0.1) is 10.2 Å². The van der Waals surface area contributed by atoms with E-state index >= 15 is 0 Å². The van der Waals surface area contributed by atoms with Crippen molar-refractivity contribution in [2.75, 3.05) is 7.05 Å². The van der Waals surface area contributed by atoms with E-state index in [-0.39, 0.29) is 17.2 Å². The molecule has 0 atom stereocenters. The summed E-state index contributed by atoms with van der Waals surface area (Å²) in [7, 11) is 1.62. The molecule has 10 nitrogen and oxygen atoms in total. The summed E-state index contributed by atoms with van der Waals surface area (Å²) in [4.78, 5) is 0. The minimum atomic E-state index is -0.113. The van der Waals surface area contributed by atoms with Crippen LogP contribution in [0.3, 0.4) is 0 Å². The molecule has 0 amide bonds. The van der Waals surface area contributed by atoms with Crippen molar-refractivity contribution in [3.8, 4) is 11.5 Å². The summed E-state index contributed by atoms with van der Waals surface area (Å²) < 4.78 is 0. The normalized spacial score (nSPS) is 12.1. The Balaban J connectivity index is 1.23. The Labute approximate surface area is 229 Å². The fraction of sp³-hybridized carbons (Fsp3) is 0.0667. The van der Waals surface area contributed by atoms with Crippen molar-refractivity contribution in [2.45, 2.75) is 6.92 Å². The first kappa shape index (κ1) is 26.0. The molecule has 2 N–H and O–H groups in total. The average Bonchev–Trinajstić information content (AvgIpc) is 2.97. The van der Waals surface area contributed by atoms with Gasteiger partial charge in [-0.3, -0.25) is 0 Å². The van der Waals surface area contributed by atoms with E-state index < -0.39 is 0 Å². The van der Waals surface area contributed by atoms with Gasteiger partial charge in [-0.1, -0.05) is 29.8 Å². The number of aryl methyl sites for hydroxylation is 1. The van der Waals surface area contributed by atoms with Crippen LogP contribution in [0.5, 0.6) is 11.5 Å². The molecular formula is C30H24N8O2. The minimum absolute atomic E-state index is 0.0349. The molecule has 0 saturated carbocycles. The number of azo groups is 4. The monoisotopic (exact) mass is 528 g/mol. The Morgan fingerprint density at radius 2 is 0.975 bits per heavy atom. The van der Waals surface area contributed by atoms with Crippen molar-refractivity contribution in [3.05, 3.63) is 103 Å². The highest BCUT2D eigenvalue weighted by Crippen LogP contribution is 2.38. The van der Waals surface area contributed by atoms with Gasteiger partial charge in [-0.05, 0) is 79.0 Å². The Bertz CT molecular complexity index is 1780. The van der Waals surface area contributed by atoms with Gasteiger partial charge in [-0.25, -0.2) is 0 Å². The van der Waals surface area contributed by atoms with Crippen LogP contribution in [0.25, 0.3) is 10.8 Å². The number of phenols is 2. The molecule has 0 fully saturated rings. The third-order valence-electron chi connectivity index (χ3n) is 5.83. The van der Waals surface area contributed by atoms with Crippen LogP contribution < -0.4 is 0 Å². The van der Waals surface area contributed by atoms with Gasteiger partial charge >= 0.3 is 0 Å². The summed E-state index contributed by atoms with van der Waals surface area (Å²) in [6, 6.07) is 28.3. The highest BCUT2D eigenvalue weighted by atomic mass is 16.3. The second-order valence-electron chi connectivity index (χ2n) is 8.76. The lowest BCUT2D eigenvalue weighted by molar-refractivity contribution is 0.475. The lowest BCUT2D eigenvalue weighted by atomic mass is 10.1. The first-order chi connectivity index (χ1) is 19.5. The Hall–Kier alpha value is -5.64. The second-order valence-corrected chi connectivity index (χ2v) is 8.76. The van der Waals surface area contributed by atoms with Crippen molar-refractivity contribution < 1.29 is 10.2 Å². The molecule has 0 unspecified atom stereocenters. The quantitative estimate of drug-likeness (QED) is 0.203. The molecule has 0 spiro atoms. The standard InChI is InChI=1S/C30H24N8O2/c1-19-3-14-26-20(17-19)4-15-28(30(26)40)38-37-27-16-13-25(18-29(27)39)36-35-24-11-9-23(10-12-24)34-33-22-7-5-21(6-8-22)32-31-2/h3-18,39-40H,1-2H3. The van der Waals surface area contributed by atoms with Crippen molar-refractivity contribution >= 4 is 50.6 Å². The molecule has 5 aromatic rings. The number of hydrogen-bond acceptors (Lipinski definition) is 10. The van der Waals surface area contributed by atoms with Gasteiger partial charge in [0, 0.05) is 18.5 Å². The largest absolute Gasteiger partial charge is 0.506 e. The molecule has 5 aromatic carbocycles. The predicted octanol–water partition coefficient (Wildman–Crippen LogP) is 10.5. The summed E-state index contributed by atoms with van der Waals surface area (Å²) in [5.74, 6) is -0.0784. The van der Waals surface area contributed by atoms with Crippen LogP contribution in [-0.2, 0) is 0 Å². The molecule has 0 aliphatic heterocycles. The molecule has 196 valence electrons. The number of aromatic hydroxyl groups is 2. The maximum atomic E-state index is 10.6. The SMILES string of the molecule is CN=Nc1ccc(N=Nc2ccc(N=Nc3ccc(N=Nc4ccc5cc(C)ccc5c4O)c(O)c3)cc2)cc1. The van der Waals surface area contributed by atoms with Crippen molar-refractivity contribution in [1.82, 2.24) is 0 Å². The van der Waals surface area contributed by atoms with E-state index in [0.717, 1.165) is 16.6 Å². The van der Waals surface area contributed by atoms with Crippen LogP contribution in [0, 0.1) is 6.92 Å². The lowest BCUT2D eigenvalue weighted by Crippen LogP contribution is -1.77. The van der Waals surface area contributed by atoms with E-state index in [0.29, 0.717) is 33.8 Å². The number of hydrogen-bond donors (Lipinski definition) is 2. The van der Waals surface area contributed by atoms with Gasteiger partial charge in [0.25, 0.3) is 0 Å². The molecule has 0 bridgehead atoms. The van der Waals surface area contributed by atoms with Gasteiger partial charge in [0.15, 0.2) is 5.75 Å². The van der Waals surface area contributed by atoms with Crippen molar-refractivity contribution in [1.29, 1.82) is 0 Å². The molecule has 0 saturated heterocycles. The summed E-state index contributed by atoms with van der Waals surface area (Å²) in [5.41, 5.74) is 4.80. The number of nitrogens with zero attached hydrogens (tertiary/aromatic N) is 8. The molecule has 0 aromatic heterocycles. The van der Waals surface area contributed by atoms with Crippen molar-refractivity contribution in [3.63, 3.8) is 0 Å². The first-order valence-electron chi connectivity index (χ1n) is 12.3. The van der Waals surface area contributed by atoms with Gasteiger partial charge < -0.3 is 10.2 Å².